The first-order chi connectivity index (χ1) is 12.1. The Balaban J connectivity index is 1.84. The van der Waals surface area contributed by atoms with E-state index in [0.29, 0.717) is 0 Å². The van der Waals surface area contributed by atoms with E-state index in [0.717, 1.165) is 22.9 Å². The van der Waals surface area contributed by atoms with Gasteiger partial charge in [0, 0.05) is 23.5 Å². The van der Waals surface area contributed by atoms with Crippen LogP contribution in [0.3, 0.4) is 0 Å². The summed E-state index contributed by atoms with van der Waals surface area (Å²) in [7, 11) is -1.79. The molecule has 0 unspecified atom stereocenters. The Morgan fingerprint density at radius 1 is 1.27 bits per heavy atom. The maximum Gasteiger partial charge on any atom is 0.221 e. The first kappa shape index (κ1) is 18.9. The molecule has 0 radical (unpaired) electrons. The summed E-state index contributed by atoms with van der Waals surface area (Å²) < 4.78 is 8.83. The summed E-state index contributed by atoms with van der Waals surface area (Å²) in [5, 5.41) is 1.31. The van der Waals surface area contributed by atoms with E-state index in [1.807, 2.05) is 12.1 Å². The van der Waals surface area contributed by atoms with Gasteiger partial charge in [-0.2, -0.15) is 0 Å². The second-order valence-electron chi connectivity index (χ2n) is 8.83. The summed E-state index contributed by atoms with van der Waals surface area (Å²) in [5.41, 5.74) is 7.57. The highest BCUT2D eigenvalue weighted by Gasteiger charge is 2.40. The van der Waals surface area contributed by atoms with E-state index < -0.39 is 8.32 Å². The van der Waals surface area contributed by atoms with Gasteiger partial charge in [-0.25, -0.2) is 0 Å². The molecule has 2 N–H and O–H groups in total. The van der Waals surface area contributed by atoms with Crippen molar-refractivity contribution in [2.75, 3.05) is 0 Å². The van der Waals surface area contributed by atoms with Crippen molar-refractivity contribution in [2.45, 2.75) is 63.9 Å². The standard InChI is InChI=1S/C21H30N2O2Si/c1-21(2,3)26(4,5)25-17-11-10-16(13-17)23-14-15(12-20(22)24)18-8-6-7-9-19(18)23/h6-11,14,16-17H,12-13H2,1-5H3,(H2,22,24)/t16-,17+/m0/s1. The van der Waals surface area contributed by atoms with Gasteiger partial charge in [0.05, 0.1) is 18.6 Å². The Bertz CT molecular complexity index is 845. The van der Waals surface area contributed by atoms with Crippen molar-refractivity contribution in [1.29, 1.82) is 0 Å². The molecule has 26 heavy (non-hydrogen) atoms. The van der Waals surface area contributed by atoms with E-state index in [-0.39, 0.29) is 29.5 Å². The van der Waals surface area contributed by atoms with Gasteiger partial charge in [0.2, 0.25) is 5.91 Å². The molecule has 1 aromatic carbocycles. The molecule has 5 heteroatoms. The molecule has 0 fully saturated rings. The summed E-state index contributed by atoms with van der Waals surface area (Å²) in [5.74, 6) is -0.297. The largest absolute Gasteiger partial charge is 0.410 e. The molecule has 4 nitrogen and oxygen atoms in total. The number of allylic oxidation sites excluding steroid dienone is 1. The Hall–Kier alpha value is -1.85. The smallest absolute Gasteiger partial charge is 0.221 e. The van der Waals surface area contributed by atoms with Crippen LogP contribution in [0.25, 0.3) is 10.9 Å². The minimum absolute atomic E-state index is 0.154. The third kappa shape index (κ3) is 3.64. The third-order valence-electron chi connectivity index (χ3n) is 5.82. The number of carbonyl (C=O) groups is 1. The minimum atomic E-state index is -1.79. The van der Waals surface area contributed by atoms with Crippen molar-refractivity contribution in [3.05, 3.63) is 48.2 Å². The van der Waals surface area contributed by atoms with Gasteiger partial charge in [0.1, 0.15) is 0 Å². The fourth-order valence-corrected chi connectivity index (χ4v) is 4.66. The number of hydrogen-bond acceptors (Lipinski definition) is 2. The first-order valence-corrected chi connectivity index (χ1v) is 12.2. The number of nitrogens with zero attached hydrogens (tertiary/aromatic N) is 1. The predicted molar refractivity (Wildman–Crippen MR) is 110 cm³/mol. The molecular formula is C21H30N2O2Si. The zero-order valence-electron chi connectivity index (χ0n) is 16.5. The quantitative estimate of drug-likeness (QED) is 0.619. The van der Waals surface area contributed by atoms with Crippen LogP contribution in [0.2, 0.25) is 18.1 Å². The van der Waals surface area contributed by atoms with Crippen LogP contribution in [0, 0.1) is 0 Å². The molecule has 0 bridgehead atoms. The normalized spacial score (nSPS) is 20.8. The van der Waals surface area contributed by atoms with E-state index in [1.165, 1.54) is 0 Å². The van der Waals surface area contributed by atoms with Crippen LogP contribution in [0.4, 0.5) is 0 Å². The Morgan fingerprint density at radius 3 is 2.62 bits per heavy atom. The molecule has 3 rings (SSSR count). The Morgan fingerprint density at radius 2 is 1.96 bits per heavy atom. The molecule has 1 aliphatic carbocycles. The van der Waals surface area contributed by atoms with E-state index in [2.05, 4.69) is 68.9 Å². The number of aromatic nitrogens is 1. The number of fused-ring (bicyclic) bond motifs is 1. The number of hydrogen-bond donors (Lipinski definition) is 1. The van der Waals surface area contributed by atoms with Crippen LogP contribution >= 0.6 is 0 Å². The zero-order valence-corrected chi connectivity index (χ0v) is 17.5. The highest BCUT2D eigenvalue weighted by molar-refractivity contribution is 6.74. The number of primary amides is 1. The number of nitrogens with two attached hydrogens (primary N) is 1. The van der Waals surface area contributed by atoms with Gasteiger partial charge in [-0.3, -0.25) is 4.79 Å². The van der Waals surface area contributed by atoms with Gasteiger partial charge >= 0.3 is 0 Å². The number of carbonyl (C=O) groups excluding carboxylic acids is 1. The average Bonchev–Trinajstić information content (AvgIpc) is 3.10. The average molecular weight is 371 g/mol. The summed E-state index contributed by atoms with van der Waals surface area (Å²) in [6.07, 6.45) is 7.88. The molecule has 0 saturated heterocycles. The van der Waals surface area contributed by atoms with E-state index in [1.54, 1.807) is 0 Å². The molecule has 140 valence electrons. The van der Waals surface area contributed by atoms with Crippen molar-refractivity contribution in [2.24, 2.45) is 5.73 Å². The van der Waals surface area contributed by atoms with Crippen LogP contribution in [-0.2, 0) is 15.6 Å². The molecule has 1 amide bonds. The SMILES string of the molecule is CC(C)(C)[Si](C)(C)O[C@@H]1C=C[C@H](n2cc(CC(N)=O)c3ccccc32)C1. The summed E-state index contributed by atoms with van der Waals surface area (Å²) in [6, 6.07) is 8.46. The second kappa shape index (κ2) is 6.71. The Kier molecular flexibility index (Phi) is 4.88. The minimum Gasteiger partial charge on any atom is -0.410 e. The van der Waals surface area contributed by atoms with Crippen LogP contribution < -0.4 is 5.73 Å². The van der Waals surface area contributed by atoms with Gasteiger partial charge in [-0.1, -0.05) is 51.1 Å². The monoisotopic (exact) mass is 370 g/mol. The van der Waals surface area contributed by atoms with Crippen molar-refractivity contribution in [3.8, 4) is 0 Å². The fourth-order valence-electron chi connectivity index (χ4n) is 3.38. The third-order valence-corrected chi connectivity index (χ3v) is 10.3. The van der Waals surface area contributed by atoms with E-state index in [4.69, 9.17) is 10.2 Å². The maximum atomic E-state index is 11.4. The van der Waals surface area contributed by atoms with Crippen LogP contribution in [-0.4, -0.2) is 24.9 Å². The molecular weight excluding hydrogens is 340 g/mol. The van der Waals surface area contributed by atoms with E-state index >= 15 is 0 Å². The van der Waals surface area contributed by atoms with Gasteiger partial charge in [0.15, 0.2) is 8.32 Å². The first-order valence-electron chi connectivity index (χ1n) is 9.31. The second-order valence-corrected chi connectivity index (χ2v) is 13.6. The Labute approximate surface area is 157 Å². The highest BCUT2D eigenvalue weighted by Crippen LogP contribution is 2.40. The topological polar surface area (TPSA) is 57.2 Å². The van der Waals surface area contributed by atoms with Gasteiger partial charge < -0.3 is 14.7 Å². The lowest BCUT2D eigenvalue weighted by atomic mass is 10.1. The molecule has 1 heterocycles. The molecule has 0 saturated carbocycles. The van der Waals surface area contributed by atoms with Crippen molar-refractivity contribution in [3.63, 3.8) is 0 Å². The lowest BCUT2D eigenvalue weighted by Gasteiger charge is -2.38. The zero-order chi connectivity index (χ0) is 19.1. The summed E-state index contributed by atoms with van der Waals surface area (Å²) in [4.78, 5) is 11.4. The summed E-state index contributed by atoms with van der Waals surface area (Å²) in [6.45, 7) is 11.4. The number of amides is 1. The number of benzene rings is 1. The van der Waals surface area contributed by atoms with Crippen molar-refractivity contribution in [1.82, 2.24) is 4.57 Å². The predicted octanol–water partition coefficient (Wildman–Crippen LogP) is 4.56. The van der Waals surface area contributed by atoms with Gasteiger partial charge in [-0.05, 0) is 29.8 Å². The van der Waals surface area contributed by atoms with Crippen LogP contribution in [0.1, 0.15) is 38.8 Å². The van der Waals surface area contributed by atoms with Crippen LogP contribution in [0.5, 0.6) is 0 Å². The number of para-hydroxylation sites is 1. The van der Waals surface area contributed by atoms with Crippen LogP contribution in [0.15, 0.2) is 42.6 Å². The molecule has 0 aliphatic heterocycles. The summed E-state index contributed by atoms with van der Waals surface area (Å²) >= 11 is 0. The lowest BCUT2D eigenvalue weighted by Crippen LogP contribution is -2.43. The highest BCUT2D eigenvalue weighted by atomic mass is 28.4. The lowest BCUT2D eigenvalue weighted by molar-refractivity contribution is -0.117. The molecule has 2 aromatic rings. The van der Waals surface area contributed by atoms with Gasteiger partial charge in [-0.15, -0.1) is 0 Å². The van der Waals surface area contributed by atoms with Crippen molar-refractivity contribution < 1.29 is 9.22 Å². The molecule has 1 aliphatic rings. The molecule has 1 aromatic heterocycles. The van der Waals surface area contributed by atoms with Crippen molar-refractivity contribution >= 4 is 25.1 Å². The van der Waals surface area contributed by atoms with Gasteiger partial charge in [0.25, 0.3) is 0 Å². The molecule has 0 spiro atoms. The number of rotatable bonds is 5. The molecule has 2 atom stereocenters. The fraction of sp³-hybridized carbons (Fsp3) is 0.476. The van der Waals surface area contributed by atoms with E-state index in [9.17, 15) is 4.79 Å². The maximum absolute atomic E-state index is 11.4.